The Hall–Kier alpha value is 0.537. The van der Waals surface area contributed by atoms with Gasteiger partial charge in [-0.1, -0.05) is 13.8 Å². The summed E-state index contributed by atoms with van der Waals surface area (Å²) in [5, 5.41) is 20.1. The van der Waals surface area contributed by atoms with Gasteiger partial charge in [-0.2, -0.15) is 0 Å². The molecule has 12 heavy (non-hydrogen) atoms. The second-order valence-corrected chi connectivity index (χ2v) is 2.36. The maximum atomic E-state index is 10.1. The van der Waals surface area contributed by atoms with Crippen molar-refractivity contribution >= 4 is 11.9 Å². The summed E-state index contributed by atoms with van der Waals surface area (Å²) in [6.07, 6.45) is 0. The molecule has 0 aromatic heterocycles. The minimum Gasteiger partial charge on any atom is -0.549 e. The molecule has 0 rings (SSSR count). The van der Waals surface area contributed by atoms with Gasteiger partial charge in [0.25, 0.3) is 0 Å². The zero-order valence-electron chi connectivity index (χ0n) is 7.79. The third-order valence-corrected chi connectivity index (χ3v) is 1.17. The summed E-state index contributed by atoms with van der Waals surface area (Å²) in [6.45, 7) is 2.96. The first-order valence-corrected chi connectivity index (χ1v) is 2.88. The number of hydrogen-bond donors (Lipinski definition) is 0. The van der Waals surface area contributed by atoms with E-state index in [0.29, 0.717) is 0 Å². The van der Waals surface area contributed by atoms with E-state index in [9.17, 15) is 19.8 Å². The zero-order valence-corrected chi connectivity index (χ0v) is 9.79. The van der Waals surface area contributed by atoms with Crippen LogP contribution in [-0.2, 0) is 9.59 Å². The van der Waals surface area contributed by atoms with Gasteiger partial charge in [0.1, 0.15) is 0 Å². The fourth-order valence-electron chi connectivity index (χ4n) is 0.641. The summed E-state index contributed by atoms with van der Waals surface area (Å²) >= 11 is 0. The third kappa shape index (κ3) is 6.10. The summed E-state index contributed by atoms with van der Waals surface area (Å²) in [5.41, 5.74) is 0. The Balaban J connectivity index is -0.000000405. The van der Waals surface area contributed by atoms with Crippen LogP contribution < -0.4 is 58.6 Å². The van der Waals surface area contributed by atoms with Crippen LogP contribution in [0.25, 0.3) is 0 Å². The Bertz CT molecular complexity index is 146. The van der Waals surface area contributed by atoms with Crippen LogP contribution in [0, 0.1) is 11.8 Å². The van der Waals surface area contributed by atoms with Crippen molar-refractivity contribution in [2.75, 3.05) is 0 Å². The van der Waals surface area contributed by atoms with E-state index in [1.165, 1.54) is 13.8 Å². The SMILES string of the molecule is CC(C)C(C(=O)[O-])C(=O)[O-].[Li+].[Na+]. The van der Waals surface area contributed by atoms with Gasteiger partial charge in [0, 0.05) is 5.92 Å². The van der Waals surface area contributed by atoms with Crippen LogP contribution in [0.5, 0.6) is 0 Å². The zero-order chi connectivity index (χ0) is 8.31. The van der Waals surface area contributed by atoms with Gasteiger partial charge in [0.2, 0.25) is 0 Å². The molecule has 0 saturated carbocycles. The maximum Gasteiger partial charge on any atom is 1.00 e. The fraction of sp³-hybridized carbons (Fsp3) is 0.667. The minimum atomic E-state index is -1.59. The van der Waals surface area contributed by atoms with Gasteiger partial charge >= 0.3 is 48.4 Å². The van der Waals surface area contributed by atoms with Crippen molar-refractivity contribution in [1.29, 1.82) is 0 Å². The second-order valence-electron chi connectivity index (χ2n) is 2.36. The molecule has 0 aromatic carbocycles. The van der Waals surface area contributed by atoms with E-state index in [-0.39, 0.29) is 48.4 Å². The number of aliphatic carboxylic acids is 2. The molecule has 0 atom stereocenters. The van der Waals surface area contributed by atoms with Crippen LogP contribution in [0.1, 0.15) is 13.8 Å². The number of carboxylic acid groups (broad SMARTS) is 2. The first kappa shape index (κ1) is 18.3. The van der Waals surface area contributed by atoms with Gasteiger partial charge in [-0.3, -0.25) is 0 Å². The molecule has 0 aliphatic carbocycles. The molecule has 4 nitrogen and oxygen atoms in total. The molecule has 0 saturated heterocycles. The molecule has 0 N–H and O–H groups in total. The number of rotatable bonds is 3. The Morgan fingerprint density at radius 2 is 1.33 bits per heavy atom. The van der Waals surface area contributed by atoms with Crippen molar-refractivity contribution in [2.45, 2.75) is 13.8 Å². The van der Waals surface area contributed by atoms with Gasteiger partial charge < -0.3 is 19.8 Å². The predicted molar refractivity (Wildman–Crippen MR) is 28.3 cm³/mol. The second kappa shape index (κ2) is 8.15. The summed E-state index contributed by atoms with van der Waals surface area (Å²) in [6, 6.07) is 0. The molecule has 0 radical (unpaired) electrons. The van der Waals surface area contributed by atoms with Crippen LogP contribution in [0.2, 0.25) is 0 Å². The number of carboxylic acids is 2. The Labute approximate surface area is 105 Å². The summed E-state index contributed by atoms with van der Waals surface area (Å²) in [7, 11) is 0. The molecule has 6 heteroatoms. The summed E-state index contributed by atoms with van der Waals surface area (Å²) < 4.78 is 0. The molecule has 0 aliphatic rings. The van der Waals surface area contributed by atoms with E-state index in [1.54, 1.807) is 0 Å². The average Bonchev–Trinajstić information content (AvgIpc) is 1.59. The molecule has 0 unspecified atom stereocenters. The van der Waals surface area contributed by atoms with Crippen LogP contribution >= 0.6 is 0 Å². The summed E-state index contributed by atoms with van der Waals surface area (Å²) in [4.78, 5) is 20.1. The standard InChI is InChI=1S/C6H10O4.Li.Na/c1-3(2)4(5(7)8)6(9)10;;/h3-4H,1-2H3,(H,7,8)(H,9,10);;/q;2*+1/p-2. The predicted octanol–water partition coefficient (Wildman–Crippen LogP) is -8.23. The van der Waals surface area contributed by atoms with Crippen molar-refractivity contribution in [3.8, 4) is 0 Å². The molecule has 0 bridgehead atoms. The van der Waals surface area contributed by atoms with E-state index in [2.05, 4.69) is 0 Å². The molecule has 0 fully saturated rings. The summed E-state index contributed by atoms with van der Waals surface area (Å²) in [5.74, 6) is -5.17. The average molecular weight is 174 g/mol. The maximum absolute atomic E-state index is 10.1. The smallest absolute Gasteiger partial charge is 0.549 e. The topological polar surface area (TPSA) is 80.3 Å². The van der Waals surface area contributed by atoms with E-state index < -0.39 is 23.8 Å². The normalized spacial score (nSPS) is 8.67. The van der Waals surface area contributed by atoms with Crippen molar-refractivity contribution in [3.63, 3.8) is 0 Å². The van der Waals surface area contributed by atoms with Crippen molar-refractivity contribution in [1.82, 2.24) is 0 Å². The van der Waals surface area contributed by atoms with E-state index in [0.717, 1.165) is 0 Å². The monoisotopic (exact) mass is 174 g/mol. The van der Waals surface area contributed by atoms with E-state index in [1.807, 2.05) is 0 Å². The van der Waals surface area contributed by atoms with Gasteiger partial charge in [0.15, 0.2) is 0 Å². The largest absolute Gasteiger partial charge is 1.00 e. The molecule has 58 valence electrons. The molecule has 0 heterocycles. The van der Waals surface area contributed by atoms with Crippen molar-refractivity contribution in [2.24, 2.45) is 11.8 Å². The van der Waals surface area contributed by atoms with Crippen LogP contribution in [0.4, 0.5) is 0 Å². The Morgan fingerprint density at radius 1 is 1.08 bits per heavy atom. The molecule has 0 aliphatic heterocycles. The number of carbonyl (C=O) groups excluding carboxylic acids is 2. The van der Waals surface area contributed by atoms with Gasteiger partial charge in [0.05, 0.1) is 11.9 Å². The van der Waals surface area contributed by atoms with E-state index in [4.69, 9.17) is 0 Å². The molecular weight excluding hydrogens is 166 g/mol. The van der Waals surface area contributed by atoms with Gasteiger partial charge in [-0.25, -0.2) is 0 Å². The quantitative estimate of drug-likeness (QED) is 0.314. The van der Waals surface area contributed by atoms with Crippen molar-refractivity contribution in [3.05, 3.63) is 0 Å². The fourth-order valence-corrected chi connectivity index (χ4v) is 0.641. The van der Waals surface area contributed by atoms with Crippen LogP contribution in [0.15, 0.2) is 0 Å². The van der Waals surface area contributed by atoms with Crippen molar-refractivity contribution < 1.29 is 68.2 Å². The molecule has 0 spiro atoms. The first-order chi connectivity index (χ1) is 4.46. The van der Waals surface area contributed by atoms with E-state index >= 15 is 0 Å². The molecule has 0 amide bonds. The molecule has 0 aromatic rings. The number of carbonyl (C=O) groups is 2. The van der Waals surface area contributed by atoms with Crippen LogP contribution in [-0.4, -0.2) is 11.9 Å². The van der Waals surface area contributed by atoms with Gasteiger partial charge in [-0.15, -0.1) is 0 Å². The molecular formula is C6H8LiNaO4. The number of hydrogen-bond acceptors (Lipinski definition) is 4. The minimum absolute atomic E-state index is 0. The van der Waals surface area contributed by atoms with Crippen LogP contribution in [0.3, 0.4) is 0 Å². The van der Waals surface area contributed by atoms with Gasteiger partial charge in [-0.05, 0) is 5.92 Å². The Kier molecular flexibility index (Phi) is 12.5. The first-order valence-electron chi connectivity index (χ1n) is 2.88. The Morgan fingerprint density at radius 3 is 1.33 bits per heavy atom. The third-order valence-electron chi connectivity index (χ3n) is 1.17.